The fourth-order valence-electron chi connectivity index (χ4n) is 1.26. The molecule has 0 aromatic heterocycles. The number of benzene rings is 1. The van der Waals surface area contributed by atoms with Gasteiger partial charge >= 0.3 is 0 Å². The molecular formula is C10H10N2O. The maximum absolute atomic E-state index is 10.6. The molecule has 0 aliphatic rings. The third-order valence-corrected chi connectivity index (χ3v) is 1.92. The molecule has 0 heterocycles. The summed E-state index contributed by atoms with van der Waals surface area (Å²) in [5.74, 6) is -0.323. The molecule has 0 spiro atoms. The monoisotopic (exact) mass is 174 g/mol. The van der Waals surface area contributed by atoms with Gasteiger partial charge in [-0.25, -0.2) is 0 Å². The fourth-order valence-corrected chi connectivity index (χ4v) is 1.26. The Morgan fingerprint density at radius 1 is 1.62 bits per heavy atom. The van der Waals surface area contributed by atoms with Crippen LogP contribution in [0.4, 0.5) is 5.69 Å². The summed E-state index contributed by atoms with van der Waals surface area (Å²) in [6, 6.07) is 7.07. The summed E-state index contributed by atoms with van der Waals surface area (Å²) < 4.78 is 0. The molecule has 0 amide bonds. The van der Waals surface area contributed by atoms with E-state index in [0.717, 1.165) is 6.29 Å². The molecule has 1 rings (SSSR count). The number of rotatable bonds is 2. The molecule has 0 saturated carbocycles. The third-order valence-electron chi connectivity index (χ3n) is 1.92. The van der Waals surface area contributed by atoms with E-state index in [0.29, 0.717) is 16.8 Å². The van der Waals surface area contributed by atoms with Crippen LogP contribution in [0.5, 0.6) is 0 Å². The second kappa shape index (κ2) is 3.72. The Bertz CT molecular complexity index is 366. The molecule has 0 fully saturated rings. The van der Waals surface area contributed by atoms with Gasteiger partial charge < -0.3 is 10.5 Å². The average molecular weight is 174 g/mol. The van der Waals surface area contributed by atoms with Gasteiger partial charge in [0.15, 0.2) is 0 Å². The van der Waals surface area contributed by atoms with Gasteiger partial charge in [0.2, 0.25) is 0 Å². The molecule has 0 bridgehead atoms. The predicted molar refractivity (Wildman–Crippen MR) is 50.0 cm³/mol. The van der Waals surface area contributed by atoms with Gasteiger partial charge in [-0.1, -0.05) is 13.0 Å². The lowest BCUT2D eigenvalue weighted by atomic mass is 9.96. The van der Waals surface area contributed by atoms with Crippen LogP contribution in [-0.2, 0) is 4.79 Å². The Morgan fingerprint density at radius 2 is 2.31 bits per heavy atom. The van der Waals surface area contributed by atoms with E-state index in [9.17, 15) is 4.79 Å². The van der Waals surface area contributed by atoms with Crippen LogP contribution in [-0.4, -0.2) is 6.29 Å². The quantitative estimate of drug-likeness (QED) is 0.545. The molecule has 1 atom stereocenters. The van der Waals surface area contributed by atoms with Crippen LogP contribution in [0.15, 0.2) is 18.2 Å². The van der Waals surface area contributed by atoms with Crippen LogP contribution in [0.1, 0.15) is 24.0 Å². The first-order chi connectivity index (χ1) is 6.20. The Labute approximate surface area is 76.8 Å². The smallest absolute Gasteiger partial charge is 0.127 e. The first kappa shape index (κ1) is 9.27. The number of nitrogens with zero attached hydrogens (tertiary/aromatic N) is 1. The number of hydrogen-bond donors (Lipinski definition) is 1. The summed E-state index contributed by atoms with van der Waals surface area (Å²) in [5, 5.41) is 8.77. The number of nitrogen functional groups attached to an aromatic ring is 1. The van der Waals surface area contributed by atoms with Crippen molar-refractivity contribution in [2.45, 2.75) is 12.8 Å². The summed E-state index contributed by atoms with van der Waals surface area (Å²) in [6.07, 6.45) is 0.784. The molecule has 13 heavy (non-hydrogen) atoms. The first-order valence-corrected chi connectivity index (χ1v) is 3.94. The van der Waals surface area contributed by atoms with Crippen molar-refractivity contribution in [2.75, 3.05) is 5.73 Å². The second-order valence-corrected chi connectivity index (χ2v) is 2.85. The molecule has 3 nitrogen and oxygen atoms in total. The minimum atomic E-state index is -0.323. The standard InChI is InChI=1S/C10H10N2O/c1-7(6-13)10-8(5-11)3-2-4-9(10)12/h2-4,6-7H,12H2,1H3. The van der Waals surface area contributed by atoms with Crippen molar-refractivity contribution in [2.24, 2.45) is 0 Å². The molecule has 2 N–H and O–H groups in total. The fraction of sp³-hybridized carbons (Fsp3) is 0.200. The van der Waals surface area contributed by atoms with Crippen LogP contribution in [0.3, 0.4) is 0 Å². The van der Waals surface area contributed by atoms with E-state index in [1.54, 1.807) is 25.1 Å². The van der Waals surface area contributed by atoms with Gasteiger partial charge in [-0.05, 0) is 12.1 Å². The molecule has 1 unspecified atom stereocenters. The van der Waals surface area contributed by atoms with Crippen molar-refractivity contribution >= 4 is 12.0 Å². The van der Waals surface area contributed by atoms with Gasteiger partial charge in [-0.2, -0.15) is 5.26 Å². The molecule has 1 aromatic carbocycles. The number of anilines is 1. The highest BCUT2D eigenvalue weighted by atomic mass is 16.1. The van der Waals surface area contributed by atoms with E-state index in [1.165, 1.54) is 0 Å². The highest BCUT2D eigenvalue weighted by molar-refractivity contribution is 5.70. The van der Waals surface area contributed by atoms with Gasteiger partial charge in [0, 0.05) is 17.2 Å². The van der Waals surface area contributed by atoms with Crippen molar-refractivity contribution in [1.29, 1.82) is 5.26 Å². The number of carbonyl (C=O) groups excluding carboxylic acids is 1. The van der Waals surface area contributed by atoms with E-state index in [1.807, 2.05) is 6.07 Å². The van der Waals surface area contributed by atoms with E-state index in [-0.39, 0.29) is 5.92 Å². The topological polar surface area (TPSA) is 66.9 Å². The van der Waals surface area contributed by atoms with Gasteiger partial charge in [0.05, 0.1) is 11.6 Å². The van der Waals surface area contributed by atoms with Crippen LogP contribution in [0, 0.1) is 11.3 Å². The Kier molecular flexibility index (Phi) is 2.65. The van der Waals surface area contributed by atoms with Gasteiger partial charge in [-0.15, -0.1) is 0 Å². The van der Waals surface area contributed by atoms with Crippen molar-refractivity contribution < 1.29 is 4.79 Å². The highest BCUT2D eigenvalue weighted by Gasteiger charge is 2.12. The Hall–Kier alpha value is -1.82. The van der Waals surface area contributed by atoms with Crippen LogP contribution in [0.25, 0.3) is 0 Å². The molecule has 0 saturated heterocycles. The number of nitriles is 1. The normalized spacial score (nSPS) is 11.7. The van der Waals surface area contributed by atoms with E-state index < -0.39 is 0 Å². The molecule has 3 heteroatoms. The predicted octanol–water partition coefficient (Wildman–Crippen LogP) is 1.44. The van der Waals surface area contributed by atoms with Gasteiger partial charge in [0.25, 0.3) is 0 Å². The summed E-state index contributed by atoms with van der Waals surface area (Å²) >= 11 is 0. The Morgan fingerprint density at radius 3 is 2.85 bits per heavy atom. The van der Waals surface area contributed by atoms with E-state index in [2.05, 4.69) is 0 Å². The van der Waals surface area contributed by atoms with Crippen molar-refractivity contribution in [1.82, 2.24) is 0 Å². The molecule has 66 valence electrons. The van der Waals surface area contributed by atoms with Gasteiger partial charge in [0.1, 0.15) is 6.29 Å². The number of aldehydes is 1. The minimum absolute atomic E-state index is 0.323. The van der Waals surface area contributed by atoms with E-state index in [4.69, 9.17) is 11.0 Å². The third kappa shape index (κ3) is 1.67. The van der Waals surface area contributed by atoms with Crippen LogP contribution < -0.4 is 5.73 Å². The second-order valence-electron chi connectivity index (χ2n) is 2.85. The summed E-state index contributed by atoms with van der Waals surface area (Å²) in [7, 11) is 0. The summed E-state index contributed by atoms with van der Waals surface area (Å²) in [5.41, 5.74) is 7.26. The van der Waals surface area contributed by atoms with Gasteiger partial charge in [-0.3, -0.25) is 0 Å². The highest BCUT2D eigenvalue weighted by Crippen LogP contribution is 2.23. The average Bonchev–Trinajstić information content (AvgIpc) is 2.16. The zero-order valence-electron chi connectivity index (χ0n) is 7.32. The summed E-state index contributed by atoms with van der Waals surface area (Å²) in [6.45, 7) is 1.72. The zero-order chi connectivity index (χ0) is 9.84. The van der Waals surface area contributed by atoms with Crippen molar-refractivity contribution in [3.05, 3.63) is 29.3 Å². The first-order valence-electron chi connectivity index (χ1n) is 3.94. The lowest BCUT2D eigenvalue weighted by molar-refractivity contribution is -0.108. The maximum atomic E-state index is 10.6. The largest absolute Gasteiger partial charge is 0.398 e. The molecule has 0 radical (unpaired) electrons. The lowest BCUT2D eigenvalue weighted by Gasteiger charge is -2.09. The molecular weight excluding hydrogens is 164 g/mol. The van der Waals surface area contributed by atoms with Crippen LogP contribution in [0.2, 0.25) is 0 Å². The zero-order valence-corrected chi connectivity index (χ0v) is 7.32. The molecule has 1 aromatic rings. The minimum Gasteiger partial charge on any atom is -0.398 e. The maximum Gasteiger partial charge on any atom is 0.127 e. The summed E-state index contributed by atoms with van der Waals surface area (Å²) in [4.78, 5) is 10.6. The van der Waals surface area contributed by atoms with Crippen LogP contribution >= 0.6 is 0 Å². The number of nitrogens with two attached hydrogens (primary N) is 1. The molecule has 0 aliphatic heterocycles. The van der Waals surface area contributed by atoms with E-state index >= 15 is 0 Å². The lowest BCUT2D eigenvalue weighted by Crippen LogP contribution is -2.03. The Balaban J connectivity index is 3.32. The molecule has 0 aliphatic carbocycles. The number of hydrogen-bond acceptors (Lipinski definition) is 3. The van der Waals surface area contributed by atoms with Crippen molar-refractivity contribution in [3.63, 3.8) is 0 Å². The van der Waals surface area contributed by atoms with Crippen molar-refractivity contribution in [3.8, 4) is 6.07 Å². The SMILES string of the molecule is CC(C=O)c1c(N)cccc1C#N. The number of carbonyl (C=O) groups is 1.